The molecule has 0 aliphatic rings. The molecule has 0 aliphatic carbocycles. The van der Waals surface area contributed by atoms with E-state index < -0.39 is 0 Å². The van der Waals surface area contributed by atoms with Crippen LogP contribution in [0, 0.1) is 0 Å². The van der Waals surface area contributed by atoms with E-state index in [2.05, 4.69) is 25.8 Å². The highest BCUT2D eigenvalue weighted by Gasteiger charge is 2.06. The molecular weight excluding hydrogens is 232 g/mol. The van der Waals surface area contributed by atoms with Gasteiger partial charge in [0, 0.05) is 21.1 Å². The molecule has 18 heavy (non-hydrogen) atoms. The summed E-state index contributed by atoms with van der Waals surface area (Å²) < 4.78 is 0. The number of carbonyl (C=O) groups is 1. The van der Waals surface area contributed by atoms with E-state index in [1.807, 2.05) is 0 Å². The first kappa shape index (κ1) is 13.6. The zero-order valence-corrected chi connectivity index (χ0v) is 10.6. The monoisotopic (exact) mass is 248 g/mol. The lowest BCUT2D eigenvalue weighted by Crippen LogP contribution is -2.21. The van der Waals surface area contributed by atoms with E-state index in [4.69, 9.17) is 0 Å². The van der Waals surface area contributed by atoms with Crippen molar-refractivity contribution in [2.24, 2.45) is 10.1 Å². The van der Waals surface area contributed by atoms with Crippen LogP contribution in [0.1, 0.15) is 10.5 Å². The van der Waals surface area contributed by atoms with Gasteiger partial charge in [-0.15, -0.1) is 0 Å². The molecule has 0 aromatic carbocycles. The van der Waals surface area contributed by atoms with Crippen LogP contribution in [0.15, 0.2) is 28.3 Å². The number of rotatable bonds is 5. The lowest BCUT2D eigenvalue weighted by atomic mass is 10.3. The van der Waals surface area contributed by atoms with Crippen molar-refractivity contribution in [3.8, 4) is 0 Å². The van der Waals surface area contributed by atoms with E-state index in [0.717, 1.165) is 0 Å². The van der Waals surface area contributed by atoms with Gasteiger partial charge in [0.05, 0.1) is 6.34 Å². The average molecular weight is 248 g/mol. The topological polar surface area (TPSA) is 82.0 Å². The molecule has 0 fully saturated rings. The number of aliphatic imine (C=N–C) groups is 1. The maximum Gasteiger partial charge on any atom is 0.290 e. The molecule has 1 aromatic heterocycles. The molecule has 0 aliphatic heterocycles. The standard InChI is InChI=1S/C11H16N6O/c1-12-7-13-10-6-4-5-9(15-10)11(18)16-14-8-17(2)3/h4-8H,1-3H3,(H,16,18)(H,12,13,15)/b14-8+. The van der Waals surface area contributed by atoms with Crippen LogP contribution in [-0.4, -0.2) is 49.6 Å². The highest BCUT2D eigenvalue weighted by molar-refractivity contribution is 5.92. The second kappa shape index (κ2) is 7.00. The number of carbonyl (C=O) groups excluding carboxylic acids is 1. The molecule has 1 heterocycles. The molecule has 2 N–H and O–H groups in total. The molecular formula is C11H16N6O. The summed E-state index contributed by atoms with van der Waals surface area (Å²) in [5.41, 5.74) is 2.63. The molecule has 0 bridgehead atoms. The molecule has 1 amide bonds. The molecule has 7 nitrogen and oxygen atoms in total. The van der Waals surface area contributed by atoms with E-state index in [1.165, 1.54) is 12.7 Å². The minimum absolute atomic E-state index is 0.261. The number of hydrogen-bond acceptors (Lipinski definition) is 4. The highest BCUT2D eigenvalue weighted by Crippen LogP contribution is 2.07. The Kier molecular flexibility index (Phi) is 5.30. The Morgan fingerprint density at radius 2 is 2.22 bits per heavy atom. The number of nitrogens with one attached hydrogen (secondary N) is 2. The molecule has 0 radical (unpaired) electrons. The summed E-state index contributed by atoms with van der Waals surface area (Å²) in [4.78, 5) is 21.5. The van der Waals surface area contributed by atoms with Crippen LogP contribution in [-0.2, 0) is 0 Å². The molecule has 1 aromatic rings. The Labute approximate surface area is 106 Å². The Bertz CT molecular complexity index is 455. The van der Waals surface area contributed by atoms with Gasteiger partial charge in [-0.2, -0.15) is 5.10 Å². The van der Waals surface area contributed by atoms with Crippen LogP contribution in [0.3, 0.4) is 0 Å². The van der Waals surface area contributed by atoms with E-state index in [9.17, 15) is 4.79 Å². The second-order valence-corrected chi connectivity index (χ2v) is 3.58. The van der Waals surface area contributed by atoms with Crippen LogP contribution < -0.4 is 10.7 Å². The van der Waals surface area contributed by atoms with Crippen LogP contribution in [0.4, 0.5) is 5.82 Å². The number of hydrazone groups is 1. The summed E-state index contributed by atoms with van der Waals surface area (Å²) in [5, 5.41) is 6.50. The maximum atomic E-state index is 11.7. The third kappa shape index (κ3) is 4.60. The van der Waals surface area contributed by atoms with Crippen molar-refractivity contribution in [2.75, 3.05) is 21.1 Å². The fourth-order valence-electron chi connectivity index (χ4n) is 1.01. The number of aromatic nitrogens is 1. The summed E-state index contributed by atoms with van der Waals surface area (Å²) in [6, 6.07) is 5.01. The summed E-state index contributed by atoms with van der Waals surface area (Å²) in [6.45, 7) is 0. The molecule has 7 heteroatoms. The number of hydrogen-bond donors (Lipinski definition) is 2. The predicted molar refractivity (Wildman–Crippen MR) is 71.1 cm³/mol. The predicted octanol–water partition coefficient (Wildman–Crippen LogP) is 0.195. The molecule has 96 valence electrons. The number of pyridine rings is 1. The van der Waals surface area contributed by atoms with Crippen molar-refractivity contribution in [1.29, 1.82) is 0 Å². The zero-order chi connectivity index (χ0) is 13.4. The van der Waals surface area contributed by atoms with E-state index in [-0.39, 0.29) is 11.6 Å². The Morgan fingerprint density at radius 3 is 2.89 bits per heavy atom. The molecule has 0 atom stereocenters. The largest absolute Gasteiger partial charge is 0.379 e. The van der Waals surface area contributed by atoms with Crippen molar-refractivity contribution in [2.45, 2.75) is 0 Å². The van der Waals surface area contributed by atoms with Crippen LogP contribution in [0.5, 0.6) is 0 Å². The zero-order valence-electron chi connectivity index (χ0n) is 10.6. The third-order valence-corrected chi connectivity index (χ3v) is 1.75. The van der Waals surface area contributed by atoms with Crippen molar-refractivity contribution in [3.63, 3.8) is 0 Å². The van der Waals surface area contributed by atoms with Gasteiger partial charge < -0.3 is 10.2 Å². The van der Waals surface area contributed by atoms with Gasteiger partial charge in [0.25, 0.3) is 5.91 Å². The fraction of sp³-hybridized carbons (Fsp3) is 0.273. The molecule has 0 saturated heterocycles. The van der Waals surface area contributed by atoms with Gasteiger partial charge in [0.2, 0.25) is 0 Å². The quantitative estimate of drug-likeness (QED) is 0.443. The SMILES string of the molecule is CN/C=N/c1cccc(C(=O)N/N=C/N(C)C)n1. The number of amides is 1. The first-order valence-electron chi connectivity index (χ1n) is 5.30. The first-order valence-corrected chi connectivity index (χ1v) is 5.30. The van der Waals surface area contributed by atoms with Crippen molar-refractivity contribution in [3.05, 3.63) is 23.9 Å². The van der Waals surface area contributed by atoms with Crippen LogP contribution in [0.2, 0.25) is 0 Å². The van der Waals surface area contributed by atoms with E-state index in [1.54, 1.807) is 44.2 Å². The minimum atomic E-state index is -0.380. The molecule has 0 unspecified atom stereocenters. The second-order valence-electron chi connectivity index (χ2n) is 3.58. The summed E-state index contributed by atoms with van der Waals surface area (Å²) in [5.74, 6) is 0.0724. The number of nitrogens with zero attached hydrogens (tertiary/aromatic N) is 4. The Morgan fingerprint density at radius 1 is 1.44 bits per heavy atom. The van der Waals surface area contributed by atoms with Gasteiger partial charge >= 0.3 is 0 Å². The van der Waals surface area contributed by atoms with E-state index in [0.29, 0.717) is 5.82 Å². The van der Waals surface area contributed by atoms with Gasteiger partial charge in [-0.3, -0.25) is 4.79 Å². The summed E-state index contributed by atoms with van der Waals surface area (Å²) in [6.07, 6.45) is 2.98. The van der Waals surface area contributed by atoms with Crippen LogP contribution >= 0.6 is 0 Å². The Balaban J connectivity index is 2.71. The molecule has 0 spiro atoms. The summed E-state index contributed by atoms with van der Waals surface area (Å²) >= 11 is 0. The van der Waals surface area contributed by atoms with Crippen LogP contribution in [0.25, 0.3) is 0 Å². The maximum absolute atomic E-state index is 11.7. The van der Waals surface area contributed by atoms with Crippen molar-refractivity contribution < 1.29 is 4.79 Å². The van der Waals surface area contributed by atoms with Gasteiger partial charge in [-0.1, -0.05) is 6.07 Å². The van der Waals surface area contributed by atoms with E-state index >= 15 is 0 Å². The van der Waals surface area contributed by atoms with Gasteiger partial charge in [-0.25, -0.2) is 15.4 Å². The third-order valence-electron chi connectivity index (χ3n) is 1.75. The highest BCUT2D eigenvalue weighted by atomic mass is 16.2. The van der Waals surface area contributed by atoms with Gasteiger partial charge in [0.1, 0.15) is 12.0 Å². The Hall–Kier alpha value is -2.44. The first-order chi connectivity index (χ1) is 8.63. The minimum Gasteiger partial charge on any atom is -0.379 e. The normalized spacial score (nSPS) is 10.8. The summed E-state index contributed by atoms with van der Waals surface area (Å²) in [7, 11) is 5.35. The lowest BCUT2D eigenvalue weighted by Gasteiger charge is -2.03. The molecule has 0 saturated carbocycles. The smallest absolute Gasteiger partial charge is 0.290 e. The van der Waals surface area contributed by atoms with Crippen molar-refractivity contribution in [1.82, 2.24) is 20.6 Å². The van der Waals surface area contributed by atoms with Crippen molar-refractivity contribution >= 4 is 24.4 Å². The van der Waals surface area contributed by atoms with Gasteiger partial charge in [-0.05, 0) is 12.1 Å². The lowest BCUT2D eigenvalue weighted by molar-refractivity contribution is 0.0950. The average Bonchev–Trinajstić information content (AvgIpc) is 2.36. The van der Waals surface area contributed by atoms with Gasteiger partial charge in [0.15, 0.2) is 5.82 Å². The molecule has 1 rings (SSSR count). The fourth-order valence-corrected chi connectivity index (χ4v) is 1.01.